The van der Waals surface area contributed by atoms with E-state index in [9.17, 15) is 13.7 Å². The molecule has 0 heterocycles. The van der Waals surface area contributed by atoms with Crippen molar-refractivity contribution in [1.82, 2.24) is 0 Å². The summed E-state index contributed by atoms with van der Waals surface area (Å²) in [5.41, 5.74) is -0.369. The van der Waals surface area contributed by atoms with Crippen LogP contribution in [0.4, 0.5) is 0 Å². The molecular weight excluding hydrogens is 381 g/mol. The monoisotopic (exact) mass is 395 g/mol. The predicted molar refractivity (Wildman–Crippen MR) is 96.5 cm³/mol. The zero-order chi connectivity index (χ0) is 18.2. The number of methoxy groups -OCH3 is 1. The van der Waals surface area contributed by atoms with Gasteiger partial charge in [-0.25, -0.2) is 8.42 Å². The van der Waals surface area contributed by atoms with Crippen LogP contribution >= 0.6 is 23.2 Å². The molecule has 0 amide bonds. The molecule has 4 nitrogen and oxygen atoms in total. The van der Waals surface area contributed by atoms with Crippen LogP contribution in [0, 0.1) is 16.7 Å². The second kappa shape index (κ2) is 6.62. The second-order valence-corrected chi connectivity index (χ2v) is 8.98. The van der Waals surface area contributed by atoms with Gasteiger partial charge in [0.15, 0.2) is 9.84 Å². The zero-order valence-electron chi connectivity index (χ0n) is 13.3. The van der Waals surface area contributed by atoms with Gasteiger partial charge in [0.1, 0.15) is 5.41 Å². The van der Waals surface area contributed by atoms with Gasteiger partial charge in [-0.3, -0.25) is 0 Å². The summed E-state index contributed by atoms with van der Waals surface area (Å²) in [5.74, 6) is -0.476. The van der Waals surface area contributed by atoms with Crippen LogP contribution in [0.3, 0.4) is 0 Å². The van der Waals surface area contributed by atoms with Gasteiger partial charge in [0, 0.05) is 23.1 Å². The lowest BCUT2D eigenvalue weighted by Crippen LogP contribution is -2.19. The fraction of sp³-hybridized carbons (Fsp3) is 0.278. The SMILES string of the molecule is COC[C@@]1(C#N)[C@@H](c2ccc(Cl)cc2)[C@@H]1S(=O)(=O)c1ccc(Cl)cc1. The number of nitriles is 1. The third kappa shape index (κ3) is 3.04. The van der Waals surface area contributed by atoms with Crippen LogP contribution in [-0.2, 0) is 14.6 Å². The molecule has 1 aliphatic carbocycles. The summed E-state index contributed by atoms with van der Waals surface area (Å²) in [6.45, 7) is 0.0360. The minimum absolute atomic E-state index is 0.0360. The summed E-state index contributed by atoms with van der Waals surface area (Å²) < 4.78 is 31.4. The third-order valence-electron chi connectivity index (χ3n) is 4.55. The highest BCUT2D eigenvalue weighted by atomic mass is 35.5. The van der Waals surface area contributed by atoms with Crippen molar-refractivity contribution in [2.75, 3.05) is 13.7 Å². The van der Waals surface area contributed by atoms with E-state index in [0.717, 1.165) is 5.56 Å². The largest absolute Gasteiger partial charge is 0.383 e. The minimum Gasteiger partial charge on any atom is -0.383 e. The molecule has 0 radical (unpaired) electrons. The molecule has 1 aliphatic rings. The highest BCUT2D eigenvalue weighted by Crippen LogP contribution is 2.63. The quantitative estimate of drug-likeness (QED) is 0.764. The first kappa shape index (κ1) is 18.2. The van der Waals surface area contributed by atoms with Gasteiger partial charge in [-0.1, -0.05) is 35.3 Å². The molecule has 1 saturated carbocycles. The van der Waals surface area contributed by atoms with Crippen LogP contribution in [0.15, 0.2) is 53.4 Å². The van der Waals surface area contributed by atoms with Gasteiger partial charge >= 0.3 is 0 Å². The Morgan fingerprint density at radius 3 is 2.08 bits per heavy atom. The zero-order valence-corrected chi connectivity index (χ0v) is 15.6. The molecule has 25 heavy (non-hydrogen) atoms. The molecule has 2 aromatic carbocycles. The summed E-state index contributed by atoms with van der Waals surface area (Å²) in [5, 5.41) is 9.88. The lowest BCUT2D eigenvalue weighted by atomic mass is 10.0. The normalized spacial score (nSPS) is 25.4. The topological polar surface area (TPSA) is 67.2 Å². The molecule has 0 N–H and O–H groups in total. The number of halogens is 2. The third-order valence-corrected chi connectivity index (χ3v) is 7.35. The van der Waals surface area contributed by atoms with E-state index < -0.39 is 26.4 Å². The van der Waals surface area contributed by atoms with E-state index in [1.165, 1.54) is 31.4 Å². The first-order chi connectivity index (χ1) is 11.9. The van der Waals surface area contributed by atoms with Crippen LogP contribution in [0.2, 0.25) is 10.0 Å². The molecular formula is C18H15Cl2NO3S. The summed E-state index contributed by atoms with van der Waals surface area (Å²) in [4.78, 5) is 0.147. The number of nitrogens with zero attached hydrogens (tertiary/aromatic N) is 1. The van der Waals surface area contributed by atoms with Crippen LogP contribution < -0.4 is 0 Å². The molecule has 0 aromatic heterocycles. The predicted octanol–water partition coefficient (Wildman–Crippen LogP) is 4.09. The highest BCUT2D eigenvalue weighted by molar-refractivity contribution is 7.92. The van der Waals surface area contributed by atoms with Gasteiger partial charge in [0.05, 0.1) is 22.8 Å². The molecule has 0 saturated heterocycles. The van der Waals surface area contributed by atoms with Crippen molar-refractivity contribution in [1.29, 1.82) is 5.26 Å². The van der Waals surface area contributed by atoms with E-state index in [1.807, 2.05) is 0 Å². The number of hydrogen-bond donors (Lipinski definition) is 0. The fourth-order valence-corrected chi connectivity index (χ4v) is 5.91. The Balaban J connectivity index is 2.07. The average molecular weight is 396 g/mol. The maximum Gasteiger partial charge on any atom is 0.183 e. The van der Waals surface area contributed by atoms with Gasteiger partial charge < -0.3 is 4.74 Å². The van der Waals surface area contributed by atoms with E-state index in [4.69, 9.17) is 27.9 Å². The van der Waals surface area contributed by atoms with Crippen molar-refractivity contribution in [3.8, 4) is 6.07 Å². The van der Waals surface area contributed by atoms with Gasteiger partial charge in [0.2, 0.25) is 0 Å². The van der Waals surface area contributed by atoms with Crippen molar-refractivity contribution >= 4 is 33.0 Å². The lowest BCUT2D eigenvalue weighted by molar-refractivity contribution is 0.162. The van der Waals surface area contributed by atoms with Crippen molar-refractivity contribution < 1.29 is 13.2 Å². The molecule has 3 atom stereocenters. The molecule has 0 spiro atoms. The van der Waals surface area contributed by atoms with Crippen molar-refractivity contribution in [2.24, 2.45) is 5.41 Å². The maximum atomic E-state index is 13.1. The molecule has 0 unspecified atom stereocenters. The Bertz CT molecular complexity index is 920. The molecule has 7 heteroatoms. The van der Waals surface area contributed by atoms with E-state index in [1.54, 1.807) is 24.3 Å². The second-order valence-electron chi connectivity index (χ2n) is 6.03. The molecule has 2 aromatic rings. The van der Waals surface area contributed by atoms with E-state index in [2.05, 4.69) is 6.07 Å². The highest BCUT2D eigenvalue weighted by Gasteiger charge is 2.72. The average Bonchev–Trinajstić information content (AvgIpc) is 3.26. The molecule has 0 aliphatic heterocycles. The Hall–Kier alpha value is -1.58. The lowest BCUT2D eigenvalue weighted by Gasteiger charge is -2.08. The first-order valence-electron chi connectivity index (χ1n) is 7.52. The number of sulfone groups is 1. The number of rotatable bonds is 5. The summed E-state index contributed by atoms with van der Waals surface area (Å²) in [7, 11) is -2.27. The first-order valence-corrected chi connectivity index (χ1v) is 9.82. The minimum atomic E-state index is -3.73. The van der Waals surface area contributed by atoms with E-state index in [0.29, 0.717) is 10.0 Å². The standard InChI is InChI=1S/C18H15Cl2NO3S/c1-24-11-18(10-21)16(12-2-4-13(19)5-3-12)17(18)25(22,23)15-8-6-14(20)7-9-15/h2-9,16-17H,11H2,1H3/t16-,17-,18-/m0/s1. The van der Waals surface area contributed by atoms with Crippen LogP contribution in [0.1, 0.15) is 11.5 Å². The number of ether oxygens (including phenoxy) is 1. The van der Waals surface area contributed by atoms with Gasteiger partial charge in [-0.15, -0.1) is 0 Å². The van der Waals surface area contributed by atoms with E-state index >= 15 is 0 Å². The van der Waals surface area contributed by atoms with Crippen LogP contribution in [0.5, 0.6) is 0 Å². The Morgan fingerprint density at radius 2 is 1.60 bits per heavy atom. The summed E-state index contributed by atoms with van der Waals surface area (Å²) in [6, 6.07) is 15.1. The fourth-order valence-electron chi connectivity index (χ4n) is 3.35. The smallest absolute Gasteiger partial charge is 0.183 e. The summed E-state index contributed by atoms with van der Waals surface area (Å²) >= 11 is 11.8. The van der Waals surface area contributed by atoms with Gasteiger partial charge in [0.25, 0.3) is 0 Å². The van der Waals surface area contributed by atoms with Crippen LogP contribution in [-0.4, -0.2) is 27.4 Å². The number of hydrogen-bond acceptors (Lipinski definition) is 4. The Morgan fingerprint density at radius 1 is 1.08 bits per heavy atom. The Labute approximate surface area is 156 Å². The van der Waals surface area contributed by atoms with Crippen molar-refractivity contribution in [3.05, 3.63) is 64.1 Å². The molecule has 0 bridgehead atoms. The maximum absolute atomic E-state index is 13.1. The molecule has 3 rings (SSSR count). The molecule has 1 fully saturated rings. The van der Waals surface area contributed by atoms with Crippen molar-refractivity contribution in [2.45, 2.75) is 16.1 Å². The van der Waals surface area contributed by atoms with Crippen molar-refractivity contribution in [3.63, 3.8) is 0 Å². The molecule has 130 valence electrons. The van der Waals surface area contributed by atoms with E-state index in [-0.39, 0.29) is 11.5 Å². The number of benzene rings is 2. The Kier molecular flexibility index (Phi) is 4.82. The van der Waals surface area contributed by atoms with Gasteiger partial charge in [-0.2, -0.15) is 5.26 Å². The van der Waals surface area contributed by atoms with Crippen LogP contribution in [0.25, 0.3) is 0 Å². The van der Waals surface area contributed by atoms with Gasteiger partial charge in [-0.05, 0) is 42.0 Å². The summed E-state index contributed by atoms with van der Waals surface area (Å²) in [6.07, 6.45) is 0.